The molecule has 0 aromatic heterocycles. The van der Waals surface area contributed by atoms with Crippen molar-refractivity contribution in [3.8, 4) is 5.75 Å². The summed E-state index contributed by atoms with van der Waals surface area (Å²) in [6.07, 6.45) is 4.84. The van der Waals surface area contributed by atoms with Gasteiger partial charge in [0, 0.05) is 12.6 Å². The Bertz CT molecular complexity index is 879. The highest BCUT2D eigenvalue weighted by Gasteiger charge is 2.30. The maximum Gasteiger partial charge on any atom is 0.243 e. The Balaban J connectivity index is 1.82. The monoisotopic (exact) mass is 426 g/mol. The first kappa shape index (κ1) is 22.8. The summed E-state index contributed by atoms with van der Waals surface area (Å²) in [5.41, 5.74) is 1.60. The Morgan fingerprint density at radius 1 is 1.13 bits per heavy atom. The van der Waals surface area contributed by atoms with Crippen LogP contribution in [0.4, 0.5) is 4.39 Å². The largest absolute Gasteiger partial charge is 0.497 e. The van der Waals surface area contributed by atoms with Crippen molar-refractivity contribution in [3.63, 3.8) is 0 Å². The van der Waals surface area contributed by atoms with Gasteiger partial charge < -0.3 is 15.0 Å². The number of hydrogen-bond donors (Lipinski definition) is 1. The molecule has 1 fully saturated rings. The molecule has 0 bridgehead atoms. The van der Waals surface area contributed by atoms with Gasteiger partial charge in [-0.2, -0.15) is 0 Å². The third-order valence-corrected chi connectivity index (χ3v) is 5.84. The second-order valence-corrected chi connectivity index (χ2v) is 8.09. The van der Waals surface area contributed by atoms with E-state index in [9.17, 15) is 14.0 Å². The van der Waals surface area contributed by atoms with E-state index in [4.69, 9.17) is 4.74 Å². The van der Waals surface area contributed by atoms with Crippen LogP contribution in [0.25, 0.3) is 0 Å². The van der Waals surface area contributed by atoms with Gasteiger partial charge in [-0.25, -0.2) is 4.39 Å². The van der Waals surface area contributed by atoms with E-state index in [1.165, 1.54) is 12.1 Å². The molecular weight excluding hydrogens is 395 g/mol. The molecule has 5 nitrogen and oxygen atoms in total. The molecule has 0 aliphatic heterocycles. The Labute approximate surface area is 183 Å². The normalized spacial score (nSPS) is 14.8. The number of nitrogens with one attached hydrogen (secondary N) is 1. The van der Waals surface area contributed by atoms with E-state index in [1.807, 2.05) is 31.2 Å². The number of rotatable bonds is 9. The van der Waals surface area contributed by atoms with Crippen LogP contribution >= 0.6 is 0 Å². The lowest BCUT2D eigenvalue weighted by Crippen LogP contribution is -2.51. The summed E-state index contributed by atoms with van der Waals surface area (Å²) in [5, 5.41) is 3.14. The van der Waals surface area contributed by atoms with Gasteiger partial charge in [-0.05, 0) is 54.7 Å². The third-order valence-electron chi connectivity index (χ3n) is 5.84. The fraction of sp³-hybridized carbons (Fsp3) is 0.440. The van der Waals surface area contributed by atoms with Crippen molar-refractivity contribution in [2.75, 3.05) is 7.11 Å². The summed E-state index contributed by atoms with van der Waals surface area (Å²) in [7, 11) is 1.60. The SMILES string of the molecule is CCC(C(=O)NC1CCCC1)N(Cc1cccc(OC)c1)C(=O)Cc1ccc(F)cc1. The topological polar surface area (TPSA) is 58.6 Å². The maximum atomic E-state index is 13.3. The molecule has 0 heterocycles. The lowest BCUT2D eigenvalue weighted by molar-refractivity contribution is -0.141. The molecule has 166 valence electrons. The number of methoxy groups -OCH3 is 1. The molecule has 6 heteroatoms. The number of carbonyl (C=O) groups excluding carboxylic acids is 2. The molecule has 3 rings (SSSR count). The summed E-state index contributed by atoms with van der Waals surface area (Å²) in [4.78, 5) is 28.1. The van der Waals surface area contributed by atoms with Gasteiger partial charge in [0.25, 0.3) is 0 Å². The minimum Gasteiger partial charge on any atom is -0.497 e. The number of hydrogen-bond acceptors (Lipinski definition) is 3. The van der Waals surface area contributed by atoms with Crippen LogP contribution in [0.1, 0.15) is 50.2 Å². The van der Waals surface area contributed by atoms with Crippen molar-refractivity contribution in [3.05, 3.63) is 65.5 Å². The molecule has 0 radical (unpaired) electrons. The van der Waals surface area contributed by atoms with Crippen LogP contribution in [0.15, 0.2) is 48.5 Å². The zero-order chi connectivity index (χ0) is 22.2. The fourth-order valence-electron chi connectivity index (χ4n) is 4.13. The number of benzene rings is 2. The lowest BCUT2D eigenvalue weighted by Gasteiger charge is -2.31. The number of ether oxygens (including phenoxy) is 1. The molecular formula is C25H31FN2O3. The average molecular weight is 427 g/mol. The molecule has 1 N–H and O–H groups in total. The summed E-state index contributed by atoms with van der Waals surface area (Å²) in [6, 6.07) is 13.0. The van der Waals surface area contributed by atoms with Gasteiger partial charge in [-0.1, -0.05) is 44.0 Å². The second-order valence-electron chi connectivity index (χ2n) is 8.09. The smallest absolute Gasteiger partial charge is 0.243 e. The lowest BCUT2D eigenvalue weighted by atomic mass is 10.1. The summed E-state index contributed by atoms with van der Waals surface area (Å²) >= 11 is 0. The van der Waals surface area contributed by atoms with E-state index < -0.39 is 6.04 Å². The predicted molar refractivity (Wildman–Crippen MR) is 118 cm³/mol. The molecule has 2 aromatic carbocycles. The van der Waals surface area contributed by atoms with Crippen LogP contribution < -0.4 is 10.1 Å². The fourth-order valence-corrected chi connectivity index (χ4v) is 4.13. The van der Waals surface area contributed by atoms with Crippen molar-refractivity contribution >= 4 is 11.8 Å². The second kappa shape index (κ2) is 10.9. The van der Waals surface area contributed by atoms with Gasteiger partial charge in [0.1, 0.15) is 17.6 Å². The van der Waals surface area contributed by atoms with Gasteiger partial charge in [0.15, 0.2) is 0 Å². The van der Waals surface area contributed by atoms with Crippen LogP contribution in [-0.2, 0) is 22.6 Å². The molecule has 31 heavy (non-hydrogen) atoms. The van der Waals surface area contributed by atoms with Crippen LogP contribution in [0.3, 0.4) is 0 Å². The third kappa shape index (κ3) is 6.29. The van der Waals surface area contributed by atoms with Gasteiger partial charge in [-0.15, -0.1) is 0 Å². The molecule has 1 aliphatic rings. The zero-order valence-corrected chi connectivity index (χ0v) is 18.3. The maximum absolute atomic E-state index is 13.3. The molecule has 1 atom stereocenters. The average Bonchev–Trinajstić information content (AvgIpc) is 3.28. The van der Waals surface area contributed by atoms with Gasteiger partial charge in [-0.3, -0.25) is 9.59 Å². The highest BCUT2D eigenvalue weighted by Crippen LogP contribution is 2.21. The highest BCUT2D eigenvalue weighted by atomic mass is 19.1. The van der Waals surface area contributed by atoms with Gasteiger partial charge in [0.05, 0.1) is 13.5 Å². The van der Waals surface area contributed by atoms with Crippen LogP contribution in [0.2, 0.25) is 0 Å². The van der Waals surface area contributed by atoms with E-state index in [2.05, 4.69) is 5.32 Å². The Morgan fingerprint density at radius 3 is 2.48 bits per heavy atom. The van der Waals surface area contributed by atoms with Crippen LogP contribution in [0.5, 0.6) is 5.75 Å². The summed E-state index contributed by atoms with van der Waals surface area (Å²) in [5.74, 6) is 0.0892. The molecule has 1 aliphatic carbocycles. The van der Waals surface area contributed by atoms with E-state index >= 15 is 0 Å². The summed E-state index contributed by atoms with van der Waals surface area (Å²) < 4.78 is 18.6. The Hall–Kier alpha value is -2.89. The van der Waals surface area contributed by atoms with E-state index in [0.29, 0.717) is 24.3 Å². The standard InChI is InChI=1S/C25H31FN2O3/c1-3-23(25(30)27-21-8-4-5-9-21)28(17-19-7-6-10-22(15-19)31-2)24(29)16-18-11-13-20(26)14-12-18/h6-7,10-15,21,23H,3-5,8-9,16-17H2,1-2H3,(H,27,30). The minimum absolute atomic E-state index is 0.107. The van der Waals surface area contributed by atoms with Crippen molar-refractivity contribution in [1.29, 1.82) is 0 Å². The highest BCUT2D eigenvalue weighted by molar-refractivity contribution is 5.88. The molecule has 1 saturated carbocycles. The number of nitrogens with zero attached hydrogens (tertiary/aromatic N) is 1. The molecule has 2 amide bonds. The number of halogens is 1. The Kier molecular flexibility index (Phi) is 8.04. The Morgan fingerprint density at radius 2 is 1.84 bits per heavy atom. The first-order chi connectivity index (χ1) is 15.0. The van der Waals surface area contributed by atoms with Gasteiger partial charge >= 0.3 is 0 Å². The number of amides is 2. The minimum atomic E-state index is -0.570. The zero-order valence-electron chi connectivity index (χ0n) is 18.3. The van der Waals surface area contributed by atoms with E-state index in [1.54, 1.807) is 24.1 Å². The summed E-state index contributed by atoms with van der Waals surface area (Å²) in [6.45, 7) is 2.22. The molecule has 1 unspecified atom stereocenters. The van der Waals surface area contributed by atoms with E-state index in [-0.39, 0.29) is 30.1 Å². The van der Waals surface area contributed by atoms with Crippen molar-refractivity contribution in [2.45, 2.75) is 64.1 Å². The van der Waals surface area contributed by atoms with Crippen molar-refractivity contribution in [2.24, 2.45) is 0 Å². The predicted octanol–water partition coefficient (Wildman–Crippen LogP) is 4.24. The number of carbonyl (C=O) groups is 2. The molecule has 2 aromatic rings. The quantitative estimate of drug-likeness (QED) is 0.652. The van der Waals surface area contributed by atoms with Crippen molar-refractivity contribution in [1.82, 2.24) is 10.2 Å². The van der Waals surface area contributed by atoms with Gasteiger partial charge in [0.2, 0.25) is 11.8 Å². The first-order valence-electron chi connectivity index (χ1n) is 11.0. The first-order valence-corrected chi connectivity index (χ1v) is 11.0. The van der Waals surface area contributed by atoms with Crippen molar-refractivity contribution < 1.29 is 18.7 Å². The molecule has 0 saturated heterocycles. The van der Waals surface area contributed by atoms with Crippen LogP contribution in [-0.4, -0.2) is 35.9 Å². The molecule has 0 spiro atoms. The van der Waals surface area contributed by atoms with Crippen LogP contribution in [0, 0.1) is 5.82 Å². The van der Waals surface area contributed by atoms with E-state index in [0.717, 1.165) is 31.2 Å².